The van der Waals surface area contributed by atoms with Gasteiger partial charge in [0.15, 0.2) is 0 Å². The number of alkyl halides is 3. The molecule has 0 bridgehead atoms. The van der Waals surface area contributed by atoms with E-state index in [0.29, 0.717) is 6.42 Å². The summed E-state index contributed by atoms with van der Waals surface area (Å²) in [4.78, 5) is 10.9. The molecule has 0 saturated carbocycles. The maximum Gasteiger partial charge on any atom is 0.454 e. The lowest BCUT2D eigenvalue weighted by Gasteiger charge is -2.13. The van der Waals surface area contributed by atoms with Crippen LogP contribution in [-0.4, -0.2) is 28.2 Å². The molecule has 0 aliphatic carbocycles. The second kappa shape index (κ2) is 4.69. The van der Waals surface area contributed by atoms with E-state index < -0.39 is 17.5 Å². The number of carbonyl (C=O) groups is 1. The zero-order chi connectivity index (χ0) is 12.3. The Labute approximate surface area is 90.5 Å². The number of rotatable bonds is 4. The van der Waals surface area contributed by atoms with Crippen LogP contribution in [-0.2, 0) is 0 Å². The van der Waals surface area contributed by atoms with Crippen LogP contribution in [0.4, 0.5) is 13.2 Å². The van der Waals surface area contributed by atoms with Crippen LogP contribution in [0.3, 0.4) is 0 Å². The standard InChI is InChI=1S/C10H12F3NO2/c1-2-8(6-15)14-4-3-7(5-14)9(16)10(11,12)13/h3-5,8,15H,2,6H2,1H3. The molecule has 0 radical (unpaired) electrons. The van der Waals surface area contributed by atoms with Crippen molar-refractivity contribution in [3.05, 3.63) is 24.0 Å². The Bertz CT molecular complexity index is 366. The minimum absolute atomic E-state index is 0.176. The summed E-state index contributed by atoms with van der Waals surface area (Å²) in [5, 5.41) is 8.96. The molecule has 0 aliphatic rings. The van der Waals surface area contributed by atoms with Crippen LogP contribution in [0, 0.1) is 0 Å². The van der Waals surface area contributed by atoms with E-state index in [0.717, 1.165) is 12.3 Å². The average Bonchev–Trinajstić information content (AvgIpc) is 2.66. The van der Waals surface area contributed by atoms with Gasteiger partial charge in [0.05, 0.1) is 12.6 Å². The van der Waals surface area contributed by atoms with Crippen molar-refractivity contribution in [3.63, 3.8) is 0 Å². The molecular weight excluding hydrogens is 223 g/mol. The Morgan fingerprint density at radius 1 is 1.56 bits per heavy atom. The topological polar surface area (TPSA) is 42.2 Å². The number of ketones is 1. The first kappa shape index (κ1) is 12.8. The summed E-state index contributed by atoms with van der Waals surface area (Å²) in [6.07, 6.45) is -1.80. The van der Waals surface area contributed by atoms with Crippen molar-refractivity contribution < 1.29 is 23.1 Å². The summed E-state index contributed by atoms with van der Waals surface area (Å²) in [5.41, 5.74) is -0.403. The van der Waals surface area contributed by atoms with Gasteiger partial charge in [-0.15, -0.1) is 0 Å². The minimum atomic E-state index is -4.85. The van der Waals surface area contributed by atoms with Crippen molar-refractivity contribution in [3.8, 4) is 0 Å². The molecule has 1 N–H and O–H groups in total. The van der Waals surface area contributed by atoms with E-state index in [1.165, 1.54) is 10.8 Å². The number of aliphatic hydroxyl groups is 1. The molecule has 1 unspecified atom stereocenters. The summed E-state index contributed by atoms with van der Waals surface area (Å²) in [6.45, 7) is 1.62. The molecular formula is C10H12F3NO2. The van der Waals surface area contributed by atoms with E-state index in [2.05, 4.69) is 0 Å². The number of halogens is 3. The van der Waals surface area contributed by atoms with Crippen LogP contribution in [0.15, 0.2) is 18.5 Å². The number of Topliss-reactive ketones (excluding diaryl/α,β-unsaturated/α-hetero) is 1. The van der Waals surface area contributed by atoms with Gasteiger partial charge in [-0.05, 0) is 12.5 Å². The lowest BCUT2D eigenvalue weighted by Crippen LogP contribution is -2.22. The number of aliphatic hydroxyl groups excluding tert-OH is 1. The summed E-state index contributed by atoms with van der Waals surface area (Å²) < 4.78 is 37.7. The van der Waals surface area contributed by atoms with Crippen molar-refractivity contribution in [2.75, 3.05) is 6.61 Å². The second-order valence-corrected chi connectivity index (χ2v) is 3.42. The van der Waals surface area contributed by atoms with Crippen molar-refractivity contribution in [2.45, 2.75) is 25.6 Å². The maximum absolute atomic E-state index is 12.1. The van der Waals surface area contributed by atoms with Gasteiger partial charge in [0.1, 0.15) is 0 Å². The molecule has 1 aromatic rings. The summed E-state index contributed by atoms with van der Waals surface area (Å²) in [7, 11) is 0. The predicted molar refractivity (Wildman–Crippen MR) is 51.2 cm³/mol. The predicted octanol–water partition coefficient (Wildman–Crippen LogP) is 2.18. The molecule has 0 spiro atoms. The highest BCUT2D eigenvalue weighted by molar-refractivity contribution is 6.00. The van der Waals surface area contributed by atoms with Gasteiger partial charge < -0.3 is 9.67 Å². The number of hydrogen-bond acceptors (Lipinski definition) is 2. The first-order valence-electron chi connectivity index (χ1n) is 4.80. The van der Waals surface area contributed by atoms with Crippen molar-refractivity contribution in [1.82, 2.24) is 4.57 Å². The highest BCUT2D eigenvalue weighted by Gasteiger charge is 2.39. The third kappa shape index (κ3) is 2.63. The van der Waals surface area contributed by atoms with Crippen LogP contribution < -0.4 is 0 Å². The van der Waals surface area contributed by atoms with E-state index in [1.54, 1.807) is 6.92 Å². The highest BCUT2D eigenvalue weighted by Crippen LogP contribution is 2.22. The highest BCUT2D eigenvalue weighted by atomic mass is 19.4. The smallest absolute Gasteiger partial charge is 0.394 e. The third-order valence-corrected chi connectivity index (χ3v) is 2.34. The quantitative estimate of drug-likeness (QED) is 0.813. The zero-order valence-corrected chi connectivity index (χ0v) is 8.66. The van der Waals surface area contributed by atoms with Crippen LogP contribution in [0.2, 0.25) is 0 Å². The fraction of sp³-hybridized carbons (Fsp3) is 0.500. The van der Waals surface area contributed by atoms with E-state index in [1.807, 2.05) is 0 Å². The molecule has 1 atom stereocenters. The molecule has 90 valence electrons. The first-order valence-corrected chi connectivity index (χ1v) is 4.80. The van der Waals surface area contributed by atoms with Gasteiger partial charge in [-0.2, -0.15) is 13.2 Å². The van der Waals surface area contributed by atoms with Crippen LogP contribution >= 0.6 is 0 Å². The monoisotopic (exact) mass is 235 g/mol. The molecule has 6 heteroatoms. The van der Waals surface area contributed by atoms with Crippen molar-refractivity contribution in [1.29, 1.82) is 0 Å². The normalized spacial score (nSPS) is 13.8. The van der Waals surface area contributed by atoms with Gasteiger partial charge in [-0.25, -0.2) is 0 Å². The molecule has 1 rings (SSSR count). The Balaban J connectivity index is 2.91. The lowest BCUT2D eigenvalue weighted by atomic mass is 10.2. The van der Waals surface area contributed by atoms with Crippen molar-refractivity contribution >= 4 is 5.78 Å². The fourth-order valence-corrected chi connectivity index (χ4v) is 1.37. The molecule has 0 aromatic carbocycles. The summed E-state index contributed by atoms with van der Waals surface area (Å²) in [5.74, 6) is -1.86. The Morgan fingerprint density at radius 3 is 2.62 bits per heavy atom. The molecule has 16 heavy (non-hydrogen) atoms. The van der Waals surface area contributed by atoms with Gasteiger partial charge in [-0.3, -0.25) is 4.79 Å². The number of nitrogens with zero attached hydrogens (tertiary/aromatic N) is 1. The average molecular weight is 235 g/mol. The minimum Gasteiger partial charge on any atom is -0.394 e. The third-order valence-electron chi connectivity index (χ3n) is 2.34. The fourth-order valence-electron chi connectivity index (χ4n) is 1.37. The first-order chi connectivity index (χ1) is 7.40. The van der Waals surface area contributed by atoms with Gasteiger partial charge in [-0.1, -0.05) is 6.92 Å². The molecule has 3 nitrogen and oxygen atoms in total. The second-order valence-electron chi connectivity index (χ2n) is 3.42. The van der Waals surface area contributed by atoms with Crippen LogP contribution in [0.5, 0.6) is 0 Å². The number of aromatic nitrogens is 1. The van der Waals surface area contributed by atoms with E-state index >= 15 is 0 Å². The SMILES string of the molecule is CCC(CO)n1ccc(C(=O)C(F)(F)F)c1. The molecule has 0 saturated heterocycles. The molecule has 0 amide bonds. The van der Waals surface area contributed by atoms with E-state index in [-0.39, 0.29) is 12.6 Å². The van der Waals surface area contributed by atoms with Gasteiger partial charge in [0.25, 0.3) is 5.78 Å². The Hall–Kier alpha value is -1.30. The largest absolute Gasteiger partial charge is 0.454 e. The number of carbonyl (C=O) groups excluding carboxylic acids is 1. The van der Waals surface area contributed by atoms with Crippen LogP contribution in [0.1, 0.15) is 29.7 Å². The zero-order valence-electron chi connectivity index (χ0n) is 8.66. The molecule has 1 heterocycles. The van der Waals surface area contributed by atoms with Gasteiger partial charge in [0, 0.05) is 18.0 Å². The molecule has 0 aliphatic heterocycles. The van der Waals surface area contributed by atoms with Gasteiger partial charge in [0.2, 0.25) is 0 Å². The van der Waals surface area contributed by atoms with E-state index in [4.69, 9.17) is 5.11 Å². The van der Waals surface area contributed by atoms with E-state index in [9.17, 15) is 18.0 Å². The summed E-state index contributed by atoms with van der Waals surface area (Å²) >= 11 is 0. The van der Waals surface area contributed by atoms with Gasteiger partial charge >= 0.3 is 6.18 Å². The summed E-state index contributed by atoms with van der Waals surface area (Å²) in [6, 6.07) is 0.809. The lowest BCUT2D eigenvalue weighted by molar-refractivity contribution is -0.0885. The Morgan fingerprint density at radius 2 is 2.19 bits per heavy atom. The van der Waals surface area contributed by atoms with Crippen molar-refractivity contribution in [2.24, 2.45) is 0 Å². The molecule has 1 aromatic heterocycles. The Kier molecular flexibility index (Phi) is 3.74. The molecule has 0 fully saturated rings. The van der Waals surface area contributed by atoms with Crippen LogP contribution in [0.25, 0.3) is 0 Å². The maximum atomic E-state index is 12.1. The number of hydrogen-bond donors (Lipinski definition) is 1.